The topological polar surface area (TPSA) is 59.2 Å². The number of halogens is 1. The number of primary amides is 1. The second kappa shape index (κ2) is 8.13. The summed E-state index contributed by atoms with van der Waals surface area (Å²) in [7, 11) is 0. The van der Waals surface area contributed by atoms with E-state index in [1.807, 2.05) is 30.3 Å². The fraction of sp³-hybridized carbons (Fsp3) is 0.250. The number of aromatic nitrogens is 1. The summed E-state index contributed by atoms with van der Waals surface area (Å²) >= 11 is 0. The van der Waals surface area contributed by atoms with Crippen molar-refractivity contribution < 1.29 is 9.18 Å². The quantitative estimate of drug-likeness (QED) is 0.697. The Morgan fingerprint density at radius 3 is 2.62 bits per heavy atom. The molecule has 0 radical (unpaired) electrons. The van der Waals surface area contributed by atoms with Gasteiger partial charge in [-0.1, -0.05) is 42.5 Å². The van der Waals surface area contributed by atoms with Crippen molar-refractivity contribution in [3.8, 4) is 11.1 Å². The molecule has 1 aliphatic heterocycles. The van der Waals surface area contributed by atoms with Gasteiger partial charge in [0.15, 0.2) is 0 Å². The van der Waals surface area contributed by atoms with Gasteiger partial charge in [0.25, 0.3) is 0 Å². The molecule has 5 heteroatoms. The highest BCUT2D eigenvalue weighted by molar-refractivity contribution is 5.82. The molecule has 1 unspecified atom stereocenters. The lowest BCUT2D eigenvalue weighted by molar-refractivity contribution is -0.127. The van der Waals surface area contributed by atoms with Gasteiger partial charge < -0.3 is 5.73 Å². The monoisotopic (exact) mass is 389 g/mol. The first-order valence-corrected chi connectivity index (χ1v) is 9.81. The first-order chi connectivity index (χ1) is 14.1. The summed E-state index contributed by atoms with van der Waals surface area (Å²) in [5.41, 5.74) is 9.13. The second-order valence-corrected chi connectivity index (χ2v) is 7.81. The van der Waals surface area contributed by atoms with Crippen molar-refractivity contribution in [2.75, 3.05) is 13.1 Å². The number of carbonyl (C=O) groups is 1. The highest BCUT2D eigenvalue weighted by Gasteiger charge is 2.43. The Bertz CT molecular complexity index is 1010. The summed E-state index contributed by atoms with van der Waals surface area (Å²) in [6.45, 7) is 1.75. The maximum atomic E-state index is 14.0. The van der Waals surface area contributed by atoms with E-state index in [1.165, 1.54) is 6.07 Å². The van der Waals surface area contributed by atoms with E-state index in [4.69, 9.17) is 5.73 Å². The second-order valence-electron chi connectivity index (χ2n) is 7.81. The van der Waals surface area contributed by atoms with Gasteiger partial charge in [0.1, 0.15) is 5.82 Å². The van der Waals surface area contributed by atoms with Crippen LogP contribution >= 0.6 is 0 Å². The van der Waals surface area contributed by atoms with Crippen LogP contribution in [0.15, 0.2) is 73.1 Å². The van der Waals surface area contributed by atoms with Gasteiger partial charge in [-0.2, -0.15) is 0 Å². The van der Waals surface area contributed by atoms with Gasteiger partial charge in [-0.05, 0) is 54.3 Å². The van der Waals surface area contributed by atoms with Gasteiger partial charge in [0, 0.05) is 31.0 Å². The van der Waals surface area contributed by atoms with Gasteiger partial charge in [-0.25, -0.2) is 4.39 Å². The minimum atomic E-state index is -0.637. The minimum Gasteiger partial charge on any atom is -0.369 e. The van der Waals surface area contributed by atoms with Gasteiger partial charge >= 0.3 is 0 Å². The number of amides is 1. The number of nitrogens with two attached hydrogens (primary N) is 1. The van der Waals surface area contributed by atoms with E-state index >= 15 is 0 Å². The Morgan fingerprint density at radius 2 is 1.86 bits per heavy atom. The number of pyridine rings is 1. The zero-order valence-corrected chi connectivity index (χ0v) is 16.2. The summed E-state index contributed by atoms with van der Waals surface area (Å²) in [4.78, 5) is 18.6. The van der Waals surface area contributed by atoms with Crippen LogP contribution in [0.2, 0.25) is 0 Å². The van der Waals surface area contributed by atoms with Crippen molar-refractivity contribution in [3.05, 3.63) is 90.0 Å². The predicted octanol–water partition coefficient (Wildman–Crippen LogP) is 3.81. The predicted molar refractivity (Wildman–Crippen MR) is 111 cm³/mol. The molecule has 1 atom stereocenters. The van der Waals surface area contributed by atoms with E-state index in [-0.39, 0.29) is 11.7 Å². The smallest absolute Gasteiger partial charge is 0.225 e. The summed E-state index contributed by atoms with van der Waals surface area (Å²) < 4.78 is 14.0. The van der Waals surface area contributed by atoms with Crippen molar-refractivity contribution in [3.63, 3.8) is 0 Å². The molecule has 0 aliphatic carbocycles. The van der Waals surface area contributed by atoms with Crippen LogP contribution < -0.4 is 5.73 Å². The van der Waals surface area contributed by atoms with Crippen LogP contribution in [0.4, 0.5) is 4.39 Å². The molecule has 1 aliphatic rings. The molecular weight excluding hydrogens is 365 g/mol. The molecule has 0 spiro atoms. The molecule has 2 heterocycles. The van der Waals surface area contributed by atoms with Crippen molar-refractivity contribution in [2.45, 2.75) is 19.4 Å². The fourth-order valence-corrected chi connectivity index (χ4v) is 4.19. The van der Waals surface area contributed by atoms with Gasteiger partial charge in [-0.3, -0.25) is 14.7 Å². The fourth-order valence-electron chi connectivity index (χ4n) is 4.19. The summed E-state index contributed by atoms with van der Waals surface area (Å²) in [5.74, 6) is -0.503. The van der Waals surface area contributed by atoms with Gasteiger partial charge in [-0.15, -0.1) is 0 Å². The Hall–Kier alpha value is -3.05. The van der Waals surface area contributed by atoms with Crippen LogP contribution in [0.3, 0.4) is 0 Å². The van der Waals surface area contributed by atoms with Crippen LogP contribution in [0.5, 0.6) is 0 Å². The van der Waals surface area contributed by atoms with E-state index in [9.17, 15) is 9.18 Å². The van der Waals surface area contributed by atoms with E-state index in [0.717, 1.165) is 23.2 Å². The Balaban J connectivity index is 1.53. The van der Waals surface area contributed by atoms with Crippen LogP contribution in [0.25, 0.3) is 11.1 Å². The maximum Gasteiger partial charge on any atom is 0.225 e. The number of carbonyl (C=O) groups excluding carboxylic acids is 1. The molecule has 3 aromatic rings. The highest BCUT2D eigenvalue weighted by atomic mass is 19.1. The molecular formula is C24H24FN3O. The molecule has 29 heavy (non-hydrogen) atoms. The molecule has 2 aromatic carbocycles. The minimum absolute atomic E-state index is 0.214. The molecule has 0 bridgehead atoms. The van der Waals surface area contributed by atoms with Gasteiger partial charge in [0.2, 0.25) is 5.91 Å². The number of rotatable bonds is 6. The molecule has 4 rings (SSSR count). The van der Waals surface area contributed by atoms with Crippen LogP contribution in [0, 0.1) is 11.2 Å². The van der Waals surface area contributed by atoms with Crippen LogP contribution in [-0.4, -0.2) is 28.9 Å². The van der Waals surface area contributed by atoms with E-state index in [1.54, 1.807) is 24.5 Å². The van der Waals surface area contributed by atoms with Crippen LogP contribution in [-0.2, 0) is 17.8 Å². The Labute approximate surface area is 170 Å². The number of hydrogen-bond donors (Lipinski definition) is 1. The van der Waals surface area contributed by atoms with Crippen molar-refractivity contribution in [1.82, 2.24) is 9.88 Å². The molecule has 4 nitrogen and oxygen atoms in total. The third-order valence-electron chi connectivity index (χ3n) is 5.79. The molecule has 1 saturated heterocycles. The molecule has 1 amide bonds. The third-order valence-corrected chi connectivity index (χ3v) is 5.79. The highest BCUT2D eigenvalue weighted by Crippen LogP contribution is 2.36. The van der Waals surface area contributed by atoms with Gasteiger partial charge in [0.05, 0.1) is 5.41 Å². The van der Waals surface area contributed by atoms with E-state index < -0.39 is 5.41 Å². The lowest BCUT2D eigenvalue weighted by Gasteiger charge is -2.26. The molecule has 1 aromatic heterocycles. The number of benzene rings is 2. The summed E-state index contributed by atoms with van der Waals surface area (Å²) in [6, 6.07) is 18.9. The average Bonchev–Trinajstić information content (AvgIpc) is 3.14. The molecule has 148 valence electrons. The maximum absolute atomic E-state index is 14.0. The largest absolute Gasteiger partial charge is 0.369 e. The zero-order valence-electron chi connectivity index (χ0n) is 16.2. The number of nitrogens with zero attached hydrogens (tertiary/aromatic N) is 2. The lowest BCUT2D eigenvalue weighted by atomic mass is 9.79. The van der Waals surface area contributed by atoms with E-state index in [2.05, 4.69) is 22.0 Å². The van der Waals surface area contributed by atoms with Crippen LogP contribution in [0.1, 0.15) is 17.5 Å². The van der Waals surface area contributed by atoms with Crippen molar-refractivity contribution in [1.29, 1.82) is 0 Å². The Kier molecular flexibility index (Phi) is 5.41. The molecule has 2 N–H and O–H groups in total. The van der Waals surface area contributed by atoms with Crippen molar-refractivity contribution in [2.24, 2.45) is 11.1 Å². The first kappa shape index (κ1) is 19.3. The van der Waals surface area contributed by atoms with Crippen molar-refractivity contribution >= 4 is 5.91 Å². The van der Waals surface area contributed by atoms with E-state index in [0.29, 0.717) is 31.5 Å². The average molecular weight is 389 g/mol. The summed E-state index contributed by atoms with van der Waals surface area (Å²) in [5, 5.41) is 0. The normalized spacial score (nSPS) is 19.3. The molecule has 1 fully saturated rings. The molecule has 0 saturated carbocycles. The standard InChI is InChI=1S/C24H24FN3O/c25-22-7-2-1-5-21(22)16-28-13-10-24(17-28,23(26)29)15-18-4-3-6-20(14-18)19-8-11-27-12-9-19/h1-9,11-12,14H,10,13,15-17H2,(H2,26,29). The number of hydrogen-bond acceptors (Lipinski definition) is 3. The Morgan fingerprint density at radius 1 is 1.07 bits per heavy atom. The number of likely N-dealkylation sites (tertiary alicyclic amines) is 1. The lowest BCUT2D eigenvalue weighted by Crippen LogP contribution is -2.41. The summed E-state index contributed by atoms with van der Waals surface area (Å²) in [6.07, 6.45) is 4.79. The first-order valence-electron chi connectivity index (χ1n) is 9.81. The SMILES string of the molecule is NC(=O)C1(Cc2cccc(-c3ccncc3)c2)CCN(Cc2ccccc2F)C1. The zero-order chi connectivity index (χ0) is 20.3. The third kappa shape index (κ3) is 4.20.